The number of nitrogens with zero attached hydrogens (tertiary/aromatic N) is 2. The van der Waals surface area contributed by atoms with Crippen LogP contribution in [-0.4, -0.2) is 35.4 Å². The standard InChI is InChI=1S/C19H20FN3O3/c1-26-17-6-5-15(20)8-13(17)10-22-19(25)14-9-18(24)23(11-14)12-16-4-2-3-7-21-16/h2-8,14H,9-12H2,1H3,(H,22,25). The lowest BCUT2D eigenvalue weighted by Gasteiger charge is -2.16. The Hall–Kier alpha value is -2.96. The third-order valence-corrected chi connectivity index (χ3v) is 4.36. The Morgan fingerprint density at radius 2 is 2.23 bits per heavy atom. The summed E-state index contributed by atoms with van der Waals surface area (Å²) < 4.78 is 18.6. The van der Waals surface area contributed by atoms with Gasteiger partial charge in [0.2, 0.25) is 11.8 Å². The fraction of sp³-hybridized carbons (Fsp3) is 0.316. The van der Waals surface area contributed by atoms with Gasteiger partial charge in [0.1, 0.15) is 11.6 Å². The molecule has 2 aromatic rings. The lowest BCUT2D eigenvalue weighted by Crippen LogP contribution is -2.32. The summed E-state index contributed by atoms with van der Waals surface area (Å²) in [5, 5.41) is 2.77. The second kappa shape index (κ2) is 7.95. The van der Waals surface area contributed by atoms with Crippen LogP contribution in [0.25, 0.3) is 0 Å². The fourth-order valence-electron chi connectivity index (χ4n) is 3.00. The third-order valence-electron chi connectivity index (χ3n) is 4.36. The summed E-state index contributed by atoms with van der Waals surface area (Å²) in [7, 11) is 1.49. The minimum Gasteiger partial charge on any atom is -0.496 e. The number of halogens is 1. The highest BCUT2D eigenvalue weighted by Crippen LogP contribution is 2.22. The van der Waals surface area contributed by atoms with Crippen molar-refractivity contribution in [2.75, 3.05) is 13.7 Å². The highest BCUT2D eigenvalue weighted by molar-refractivity contribution is 5.89. The molecule has 2 amide bonds. The molecule has 1 aromatic carbocycles. The molecule has 3 rings (SSSR count). The van der Waals surface area contributed by atoms with Crippen LogP contribution in [0.4, 0.5) is 4.39 Å². The molecule has 136 valence electrons. The van der Waals surface area contributed by atoms with Crippen LogP contribution in [0.3, 0.4) is 0 Å². The number of aromatic nitrogens is 1. The van der Waals surface area contributed by atoms with Gasteiger partial charge in [0.05, 0.1) is 25.3 Å². The number of amides is 2. The normalized spacial score (nSPS) is 16.6. The van der Waals surface area contributed by atoms with Crippen LogP contribution < -0.4 is 10.1 Å². The molecule has 0 spiro atoms. The summed E-state index contributed by atoms with van der Waals surface area (Å²) in [4.78, 5) is 30.4. The molecule has 1 saturated heterocycles. The molecule has 1 aliphatic heterocycles. The van der Waals surface area contributed by atoms with E-state index < -0.39 is 11.7 Å². The molecule has 1 aromatic heterocycles. The van der Waals surface area contributed by atoms with E-state index in [2.05, 4.69) is 10.3 Å². The lowest BCUT2D eigenvalue weighted by molar-refractivity contribution is -0.129. The van der Waals surface area contributed by atoms with Gasteiger partial charge in [-0.05, 0) is 30.3 Å². The van der Waals surface area contributed by atoms with E-state index in [0.717, 1.165) is 5.69 Å². The first-order valence-electron chi connectivity index (χ1n) is 8.34. The number of carbonyl (C=O) groups is 2. The van der Waals surface area contributed by atoms with Crippen LogP contribution >= 0.6 is 0 Å². The van der Waals surface area contributed by atoms with Gasteiger partial charge >= 0.3 is 0 Å². The Morgan fingerprint density at radius 3 is 2.96 bits per heavy atom. The van der Waals surface area contributed by atoms with Gasteiger partial charge in [-0.15, -0.1) is 0 Å². The van der Waals surface area contributed by atoms with Crippen molar-refractivity contribution in [3.05, 3.63) is 59.7 Å². The number of hydrogen-bond donors (Lipinski definition) is 1. The minimum absolute atomic E-state index is 0.0702. The third kappa shape index (κ3) is 4.17. The Kier molecular flexibility index (Phi) is 5.46. The average molecular weight is 357 g/mol. The molecule has 2 heterocycles. The first kappa shape index (κ1) is 17.8. The summed E-state index contributed by atoms with van der Waals surface area (Å²) in [6, 6.07) is 9.66. The predicted molar refractivity (Wildman–Crippen MR) is 92.6 cm³/mol. The second-order valence-corrected chi connectivity index (χ2v) is 6.17. The van der Waals surface area contributed by atoms with Crippen LogP contribution in [0.5, 0.6) is 5.75 Å². The van der Waals surface area contributed by atoms with E-state index in [9.17, 15) is 14.0 Å². The number of methoxy groups -OCH3 is 1. The predicted octanol–water partition coefficient (Wildman–Crippen LogP) is 1.89. The van der Waals surface area contributed by atoms with Crippen molar-refractivity contribution in [1.29, 1.82) is 0 Å². The van der Waals surface area contributed by atoms with Crippen LogP contribution in [0.2, 0.25) is 0 Å². The van der Waals surface area contributed by atoms with Crippen LogP contribution in [-0.2, 0) is 22.7 Å². The highest BCUT2D eigenvalue weighted by Gasteiger charge is 2.34. The molecule has 0 saturated carbocycles. The van der Waals surface area contributed by atoms with Crippen LogP contribution in [0.1, 0.15) is 17.7 Å². The van der Waals surface area contributed by atoms with Gasteiger partial charge < -0.3 is 15.0 Å². The summed E-state index contributed by atoms with van der Waals surface area (Å²) in [5.41, 5.74) is 1.34. The summed E-state index contributed by atoms with van der Waals surface area (Å²) in [5.74, 6) is -0.614. The number of likely N-dealkylation sites (tertiary alicyclic amines) is 1. The maximum Gasteiger partial charge on any atom is 0.225 e. The van der Waals surface area contributed by atoms with Crippen molar-refractivity contribution in [3.63, 3.8) is 0 Å². The molecule has 1 aliphatic rings. The molecule has 1 N–H and O–H groups in total. The summed E-state index contributed by atoms with van der Waals surface area (Å²) in [6.07, 6.45) is 1.84. The number of rotatable bonds is 6. The molecule has 1 unspecified atom stereocenters. The quantitative estimate of drug-likeness (QED) is 0.857. The SMILES string of the molecule is COc1ccc(F)cc1CNC(=O)C1CC(=O)N(Cc2ccccn2)C1. The number of hydrogen-bond acceptors (Lipinski definition) is 4. The van der Waals surface area contributed by atoms with Gasteiger partial charge in [-0.1, -0.05) is 6.07 Å². The number of benzene rings is 1. The molecule has 0 radical (unpaired) electrons. The van der Waals surface area contributed by atoms with Crippen molar-refractivity contribution in [2.24, 2.45) is 5.92 Å². The van der Waals surface area contributed by atoms with E-state index in [1.165, 1.54) is 25.3 Å². The fourth-order valence-corrected chi connectivity index (χ4v) is 3.00. The van der Waals surface area contributed by atoms with E-state index in [-0.39, 0.29) is 24.8 Å². The zero-order valence-corrected chi connectivity index (χ0v) is 14.4. The minimum atomic E-state index is -0.425. The number of carbonyl (C=O) groups excluding carboxylic acids is 2. The van der Waals surface area contributed by atoms with Gasteiger partial charge in [-0.3, -0.25) is 14.6 Å². The topological polar surface area (TPSA) is 71.5 Å². The molecule has 26 heavy (non-hydrogen) atoms. The maximum absolute atomic E-state index is 13.4. The van der Waals surface area contributed by atoms with Crippen molar-refractivity contribution < 1.29 is 18.7 Å². The van der Waals surface area contributed by atoms with Gasteiger partial charge in [0.15, 0.2) is 0 Å². The van der Waals surface area contributed by atoms with Gasteiger partial charge in [-0.2, -0.15) is 0 Å². The van der Waals surface area contributed by atoms with Crippen molar-refractivity contribution in [2.45, 2.75) is 19.5 Å². The maximum atomic E-state index is 13.4. The summed E-state index contributed by atoms with van der Waals surface area (Å²) in [6.45, 7) is 0.882. The largest absolute Gasteiger partial charge is 0.496 e. The van der Waals surface area contributed by atoms with Gasteiger partial charge in [-0.25, -0.2) is 4.39 Å². The Bertz CT molecular complexity index is 798. The van der Waals surface area contributed by atoms with Crippen molar-refractivity contribution >= 4 is 11.8 Å². The van der Waals surface area contributed by atoms with E-state index in [1.807, 2.05) is 18.2 Å². The van der Waals surface area contributed by atoms with Crippen molar-refractivity contribution in [3.8, 4) is 5.75 Å². The zero-order valence-electron chi connectivity index (χ0n) is 14.4. The molecular formula is C19H20FN3O3. The van der Waals surface area contributed by atoms with E-state index in [0.29, 0.717) is 24.4 Å². The summed E-state index contributed by atoms with van der Waals surface area (Å²) >= 11 is 0. The van der Waals surface area contributed by atoms with Gasteiger partial charge in [0, 0.05) is 31.3 Å². The molecule has 0 aliphatic carbocycles. The van der Waals surface area contributed by atoms with E-state index in [4.69, 9.17) is 4.74 Å². The molecule has 6 nitrogen and oxygen atoms in total. The number of nitrogens with one attached hydrogen (secondary N) is 1. The molecular weight excluding hydrogens is 337 g/mol. The monoisotopic (exact) mass is 357 g/mol. The molecule has 1 fully saturated rings. The Labute approximate surface area is 151 Å². The average Bonchev–Trinajstić information content (AvgIpc) is 3.01. The van der Waals surface area contributed by atoms with E-state index >= 15 is 0 Å². The zero-order chi connectivity index (χ0) is 18.5. The smallest absolute Gasteiger partial charge is 0.225 e. The van der Waals surface area contributed by atoms with Crippen molar-refractivity contribution in [1.82, 2.24) is 15.2 Å². The van der Waals surface area contributed by atoms with E-state index in [1.54, 1.807) is 11.1 Å². The highest BCUT2D eigenvalue weighted by atomic mass is 19.1. The first-order chi connectivity index (χ1) is 12.6. The lowest BCUT2D eigenvalue weighted by atomic mass is 10.1. The molecule has 1 atom stereocenters. The second-order valence-electron chi connectivity index (χ2n) is 6.17. The van der Waals surface area contributed by atoms with Crippen LogP contribution in [0.15, 0.2) is 42.6 Å². The molecule has 7 heteroatoms. The molecule has 0 bridgehead atoms. The Balaban J connectivity index is 1.57. The van der Waals surface area contributed by atoms with Crippen LogP contribution in [0, 0.1) is 11.7 Å². The van der Waals surface area contributed by atoms with Gasteiger partial charge in [0.25, 0.3) is 0 Å². The Morgan fingerprint density at radius 1 is 1.38 bits per heavy atom. The number of ether oxygens (including phenoxy) is 1. The first-order valence-corrected chi connectivity index (χ1v) is 8.34. The number of pyridine rings is 1.